The van der Waals surface area contributed by atoms with Gasteiger partial charge in [0.2, 0.25) is 5.91 Å². The van der Waals surface area contributed by atoms with E-state index in [1.54, 1.807) is 6.92 Å². The molecule has 0 rings (SSSR count). The summed E-state index contributed by atoms with van der Waals surface area (Å²) in [5, 5.41) is 2.82. The molecule has 0 fully saturated rings. The molecule has 0 spiro atoms. The molecular weight excluding hydrogens is 180 g/mol. The Morgan fingerprint density at radius 3 is 2.57 bits per heavy atom. The summed E-state index contributed by atoms with van der Waals surface area (Å²) in [6.07, 6.45) is 0.625. The minimum atomic E-state index is -0.777. The molecule has 4 heteroatoms. The highest BCUT2D eigenvalue weighted by atomic mass is 16.5. The SMILES string of the molecule is CCOCC(C)NC(=O)C(C)(N)CC. The molecule has 0 bridgehead atoms. The molecule has 2 unspecified atom stereocenters. The average molecular weight is 202 g/mol. The van der Waals surface area contributed by atoms with Crippen molar-refractivity contribution in [2.24, 2.45) is 5.73 Å². The van der Waals surface area contributed by atoms with E-state index in [4.69, 9.17) is 10.5 Å². The highest BCUT2D eigenvalue weighted by Crippen LogP contribution is 2.04. The van der Waals surface area contributed by atoms with Crippen LogP contribution in [0.2, 0.25) is 0 Å². The molecule has 0 aliphatic rings. The van der Waals surface area contributed by atoms with Crippen molar-refractivity contribution in [1.29, 1.82) is 0 Å². The molecule has 84 valence electrons. The van der Waals surface area contributed by atoms with Gasteiger partial charge in [0.15, 0.2) is 0 Å². The molecule has 0 saturated carbocycles. The Labute approximate surface area is 86.2 Å². The van der Waals surface area contributed by atoms with E-state index >= 15 is 0 Å². The zero-order valence-electron chi connectivity index (χ0n) is 9.59. The molecule has 2 atom stereocenters. The Balaban J connectivity index is 3.93. The van der Waals surface area contributed by atoms with E-state index < -0.39 is 5.54 Å². The predicted octanol–water partition coefficient (Wildman–Crippen LogP) is 0.655. The molecule has 1 amide bonds. The molecule has 0 aromatic carbocycles. The average Bonchev–Trinajstić information content (AvgIpc) is 2.14. The van der Waals surface area contributed by atoms with Gasteiger partial charge in [0, 0.05) is 12.6 Å². The molecule has 14 heavy (non-hydrogen) atoms. The van der Waals surface area contributed by atoms with Gasteiger partial charge in [0.25, 0.3) is 0 Å². The number of nitrogens with one attached hydrogen (secondary N) is 1. The smallest absolute Gasteiger partial charge is 0.240 e. The van der Waals surface area contributed by atoms with Crippen LogP contribution >= 0.6 is 0 Å². The van der Waals surface area contributed by atoms with Gasteiger partial charge in [-0.25, -0.2) is 0 Å². The minimum Gasteiger partial charge on any atom is -0.380 e. The number of carbonyl (C=O) groups is 1. The number of carbonyl (C=O) groups excluding carboxylic acids is 1. The van der Waals surface area contributed by atoms with Gasteiger partial charge in [-0.15, -0.1) is 0 Å². The van der Waals surface area contributed by atoms with Crippen molar-refractivity contribution >= 4 is 5.91 Å². The summed E-state index contributed by atoms with van der Waals surface area (Å²) in [6, 6.07) is 0.0110. The summed E-state index contributed by atoms with van der Waals surface area (Å²) in [4.78, 5) is 11.6. The highest BCUT2D eigenvalue weighted by molar-refractivity contribution is 5.85. The second kappa shape index (κ2) is 5.98. The largest absolute Gasteiger partial charge is 0.380 e. The van der Waals surface area contributed by atoms with Crippen LogP contribution < -0.4 is 11.1 Å². The van der Waals surface area contributed by atoms with Gasteiger partial charge in [-0.3, -0.25) is 4.79 Å². The van der Waals surface area contributed by atoms with Crippen molar-refractivity contribution < 1.29 is 9.53 Å². The van der Waals surface area contributed by atoms with E-state index in [2.05, 4.69) is 5.32 Å². The molecule has 0 aromatic rings. The summed E-state index contributed by atoms with van der Waals surface area (Å²) in [5.74, 6) is -0.118. The number of rotatable bonds is 6. The Bertz CT molecular complexity index is 181. The van der Waals surface area contributed by atoms with Gasteiger partial charge >= 0.3 is 0 Å². The lowest BCUT2D eigenvalue weighted by Gasteiger charge is -2.24. The van der Waals surface area contributed by atoms with Crippen LogP contribution in [0.3, 0.4) is 0 Å². The van der Waals surface area contributed by atoms with E-state index in [0.717, 1.165) is 0 Å². The van der Waals surface area contributed by atoms with Crippen LogP contribution in [0.15, 0.2) is 0 Å². The third-order valence-electron chi connectivity index (χ3n) is 2.20. The Kier molecular flexibility index (Phi) is 5.72. The molecule has 0 aromatic heterocycles. The van der Waals surface area contributed by atoms with Crippen molar-refractivity contribution in [3.8, 4) is 0 Å². The fourth-order valence-corrected chi connectivity index (χ4v) is 0.886. The van der Waals surface area contributed by atoms with Gasteiger partial charge in [0.1, 0.15) is 0 Å². The Hall–Kier alpha value is -0.610. The highest BCUT2D eigenvalue weighted by Gasteiger charge is 2.26. The van der Waals surface area contributed by atoms with E-state index in [9.17, 15) is 4.79 Å². The Morgan fingerprint density at radius 2 is 2.14 bits per heavy atom. The predicted molar refractivity (Wildman–Crippen MR) is 57.0 cm³/mol. The molecule has 0 aliphatic carbocycles. The lowest BCUT2D eigenvalue weighted by molar-refractivity contribution is -0.126. The Morgan fingerprint density at radius 1 is 1.57 bits per heavy atom. The van der Waals surface area contributed by atoms with Crippen LogP contribution in [0.5, 0.6) is 0 Å². The maximum absolute atomic E-state index is 11.6. The van der Waals surface area contributed by atoms with Crippen LogP contribution in [0.4, 0.5) is 0 Å². The maximum atomic E-state index is 11.6. The number of amides is 1. The van der Waals surface area contributed by atoms with E-state index in [0.29, 0.717) is 19.6 Å². The fraction of sp³-hybridized carbons (Fsp3) is 0.900. The number of hydrogen-bond acceptors (Lipinski definition) is 3. The molecule has 0 heterocycles. The summed E-state index contributed by atoms with van der Waals surface area (Å²) in [5.41, 5.74) is 5.01. The monoisotopic (exact) mass is 202 g/mol. The second-order valence-electron chi connectivity index (χ2n) is 3.80. The zero-order chi connectivity index (χ0) is 11.2. The van der Waals surface area contributed by atoms with Crippen molar-refractivity contribution in [2.75, 3.05) is 13.2 Å². The van der Waals surface area contributed by atoms with Crippen molar-refractivity contribution in [3.63, 3.8) is 0 Å². The van der Waals surface area contributed by atoms with Crippen molar-refractivity contribution in [1.82, 2.24) is 5.32 Å². The maximum Gasteiger partial charge on any atom is 0.240 e. The van der Waals surface area contributed by atoms with E-state index in [1.165, 1.54) is 0 Å². The summed E-state index contributed by atoms with van der Waals surface area (Å²) >= 11 is 0. The van der Waals surface area contributed by atoms with Gasteiger partial charge in [-0.05, 0) is 27.2 Å². The van der Waals surface area contributed by atoms with Gasteiger partial charge in [0.05, 0.1) is 12.1 Å². The van der Waals surface area contributed by atoms with Crippen LogP contribution in [0.25, 0.3) is 0 Å². The van der Waals surface area contributed by atoms with Crippen molar-refractivity contribution in [2.45, 2.75) is 45.7 Å². The van der Waals surface area contributed by atoms with Crippen LogP contribution in [0.1, 0.15) is 34.1 Å². The third-order valence-corrected chi connectivity index (χ3v) is 2.20. The molecule has 4 nitrogen and oxygen atoms in total. The lowest BCUT2D eigenvalue weighted by atomic mass is 9.99. The molecule has 0 radical (unpaired) electrons. The van der Waals surface area contributed by atoms with Gasteiger partial charge in [-0.2, -0.15) is 0 Å². The first kappa shape index (κ1) is 13.4. The number of ether oxygens (including phenoxy) is 1. The second-order valence-corrected chi connectivity index (χ2v) is 3.80. The molecule has 0 saturated heterocycles. The van der Waals surface area contributed by atoms with Gasteiger partial charge in [-0.1, -0.05) is 6.92 Å². The first-order valence-electron chi connectivity index (χ1n) is 5.11. The normalized spacial score (nSPS) is 17.2. The van der Waals surface area contributed by atoms with Crippen LogP contribution in [-0.4, -0.2) is 30.7 Å². The number of hydrogen-bond donors (Lipinski definition) is 2. The van der Waals surface area contributed by atoms with Crippen LogP contribution in [0, 0.1) is 0 Å². The number of nitrogens with two attached hydrogens (primary N) is 1. The van der Waals surface area contributed by atoms with Crippen LogP contribution in [-0.2, 0) is 9.53 Å². The molecule has 0 aliphatic heterocycles. The lowest BCUT2D eigenvalue weighted by Crippen LogP contribution is -2.54. The van der Waals surface area contributed by atoms with E-state index in [1.807, 2.05) is 20.8 Å². The minimum absolute atomic E-state index is 0.0110. The fourth-order valence-electron chi connectivity index (χ4n) is 0.886. The molecular formula is C10H22N2O2. The first-order chi connectivity index (χ1) is 6.44. The van der Waals surface area contributed by atoms with E-state index in [-0.39, 0.29) is 11.9 Å². The third kappa shape index (κ3) is 4.58. The summed E-state index contributed by atoms with van der Waals surface area (Å²) < 4.78 is 5.19. The summed E-state index contributed by atoms with van der Waals surface area (Å²) in [6.45, 7) is 8.64. The quantitative estimate of drug-likeness (QED) is 0.665. The summed E-state index contributed by atoms with van der Waals surface area (Å²) in [7, 11) is 0. The van der Waals surface area contributed by atoms with Gasteiger partial charge < -0.3 is 15.8 Å². The zero-order valence-corrected chi connectivity index (χ0v) is 9.59. The topological polar surface area (TPSA) is 64.3 Å². The standard InChI is InChI=1S/C10H22N2O2/c1-5-10(4,11)9(13)12-8(3)7-14-6-2/h8H,5-7,11H2,1-4H3,(H,12,13). The van der Waals surface area contributed by atoms with Crippen molar-refractivity contribution in [3.05, 3.63) is 0 Å². The molecule has 3 N–H and O–H groups in total. The first-order valence-corrected chi connectivity index (χ1v) is 5.11.